The van der Waals surface area contributed by atoms with Gasteiger partial charge < -0.3 is 10.2 Å². The van der Waals surface area contributed by atoms with Crippen LogP contribution in [0.25, 0.3) is 10.8 Å². The highest BCUT2D eigenvalue weighted by atomic mass is 32.2. The molecule has 3 aromatic carbocycles. The number of sulfonamides is 1. The molecule has 1 saturated heterocycles. The molecule has 0 saturated carbocycles. The van der Waals surface area contributed by atoms with Crippen LogP contribution < -0.4 is 10.2 Å². The van der Waals surface area contributed by atoms with Crippen LogP contribution in [0.5, 0.6) is 0 Å². The van der Waals surface area contributed by atoms with Gasteiger partial charge >= 0.3 is 0 Å². The van der Waals surface area contributed by atoms with Crippen LogP contribution in [0.3, 0.4) is 0 Å². The van der Waals surface area contributed by atoms with Crippen molar-refractivity contribution < 1.29 is 18.0 Å². The van der Waals surface area contributed by atoms with Crippen LogP contribution in [0.4, 0.5) is 11.4 Å². The summed E-state index contributed by atoms with van der Waals surface area (Å²) in [4.78, 5) is 27.1. The second-order valence-electron chi connectivity index (χ2n) is 8.53. The first-order valence-electron chi connectivity index (χ1n) is 11.1. The average molecular weight is 464 g/mol. The minimum atomic E-state index is -3.64. The van der Waals surface area contributed by atoms with Crippen molar-refractivity contribution in [3.05, 3.63) is 66.2 Å². The fourth-order valence-corrected chi connectivity index (χ4v) is 6.07. The monoisotopic (exact) mass is 463 g/mol. The number of fused-ring (bicyclic) bond motifs is 2. The molecule has 8 heteroatoms. The van der Waals surface area contributed by atoms with Crippen LogP contribution in [-0.4, -0.2) is 44.2 Å². The van der Waals surface area contributed by atoms with Crippen molar-refractivity contribution in [2.75, 3.05) is 29.9 Å². The molecule has 0 aromatic heterocycles. The number of anilines is 2. The van der Waals surface area contributed by atoms with Crippen molar-refractivity contribution in [1.29, 1.82) is 0 Å². The van der Waals surface area contributed by atoms with Gasteiger partial charge in [-0.3, -0.25) is 9.59 Å². The standard InChI is InChI=1S/C25H25N3O4S/c29-24-17-28(25(30)15-18-8-9-19-6-2-3-7-20(19)14-18)23-11-10-21(16-22(23)26-24)33(31,32)27-12-4-1-5-13-27/h2-3,6-11,14,16H,1,4-5,12-13,15,17H2,(H,26,29). The zero-order valence-electron chi connectivity index (χ0n) is 18.2. The Balaban J connectivity index is 1.42. The summed E-state index contributed by atoms with van der Waals surface area (Å²) in [5.74, 6) is -0.560. The van der Waals surface area contributed by atoms with E-state index >= 15 is 0 Å². The van der Waals surface area contributed by atoms with E-state index < -0.39 is 10.0 Å². The molecule has 0 unspecified atom stereocenters. The predicted molar refractivity (Wildman–Crippen MR) is 128 cm³/mol. The third-order valence-corrected chi connectivity index (χ3v) is 8.15. The molecule has 7 nitrogen and oxygen atoms in total. The molecular weight excluding hydrogens is 438 g/mol. The molecule has 5 rings (SSSR count). The maximum Gasteiger partial charge on any atom is 0.244 e. The van der Waals surface area contributed by atoms with Crippen molar-refractivity contribution in [3.63, 3.8) is 0 Å². The Hall–Kier alpha value is -3.23. The third-order valence-electron chi connectivity index (χ3n) is 6.26. The zero-order valence-corrected chi connectivity index (χ0v) is 19.0. The highest BCUT2D eigenvalue weighted by molar-refractivity contribution is 7.89. The molecule has 0 aliphatic carbocycles. The number of amides is 2. The molecule has 0 radical (unpaired) electrons. The lowest BCUT2D eigenvalue weighted by Gasteiger charge is -2.30. The first-order chi connectivity index (χ1) is 15.9. The number of nitrogens with zero attached hydrogens (tertiary/aromatic N) is 2. The maximum absolute atomic E-state index is 13.2. The van der Waals surface area contributed by atoms with Crippen molar-refractivity contribution in [1.82, 2.24) is 4.31 Å². The van der Waals surface area contributed by atoms with Crippen molar-refractivity contribution in [2.24, 2.45) is 0 Å². The number of benzene rings is 3. The van der Waals surface area contributed by atoms with E-state index in [-0.39, 0.29) is 29.7 Å². The van der Waals surface area contributed by atoms with Gasteiger partial charge in [0.25, 0.3) is 0 Å². The van der Waals surface area contributed by atoms with Crippen LogP contribution >= 0.6 is 0 Å². The van der Waals surface area contributed by atoms with Gasteiger partial charge in [-0.25, -0.2) is 8.42 Å². The molecule has 0 spiro atoms. The lowest BCUT2D eigenvalue weighted by atomic mass is 10.0. The summed E-state index contributed by atoms with van der Waals surface area (Å²) >= 11 is 0. The van der Waals surface area contributed by atoms with E-state index in [0.717, 1.165) is 35.6 Å². The Kier molecular flexibility index (Phi) is 5.64. The summed E-state index contributed by atoms with van der Waals surface area (Å²) < 4.78 is 27.6. The highest BCUT2D eigenvalue weighted by Crippen LogP contribution is 2.33. The van der Waals surface area contributed by atoms with Crippen molar-refractivity contribution >= 4 is 44.0 Å². The van der Waals surface area contributed by atoms with Gasteiger partial charge in [0.15, 0.2) is 0 Å². The lowest BCUT2D eigenvalue weighted by molar-refractivity contribution is -0.121. The number of hydrogen-bond acceptors (Lipinski definition) is 4. The Bertz CT molecular complexity index is 1350. The summed E-state index contributed by atoms with van der Waals surface area (Å²) in [6, 6.07) is 18.4. The summed E-state index contributed by atoms with van der Waals surface area (Å²) in [7, 11) is -3.64. The fraction of sp³-hybridized carbons (Fsp3) is 0.280. The molecule has 2 amide bonds. The van der Waals surface area contributed by atoms with E-state index in [4.69, 9.17) is 0 Å². The number of carbonyl (C=O) groups is 2. The van der Waals surface area contributed by atoms with E-state index in [2.05, 4.69) is 5.32 Å². The SMILES string of the molecule is O=C1CN(C(=O)Cc2ccc3ccccc3c2)c2ccc(S(=O)(=O)N3CCCCC3)cc2N1. The third kappa shape index (κ3) is 4.24. The van der Waals surface area contributed by atoms with Crippen LogP contribution in [-0.2, 0) is 26.0 Å². The van der Waals surface area contributed by atoms with Gasteiger partial charge in [0, 0.05) is 13.1 Å². The molecule has 2 aliphatic rings. The van der Waals surface area contributed by atoms with E-state index in [0.29, 0.717) is 24.5 Å². The first kappa shape index (κ1) is 21.6. The van der Waals surface area contributed by atoms with Gasteiger partial charge in [-0.2, -0.15) is 4.31 Å². The fourth-order valence-electron chi connectivity index (χ4n) is 4.53. The number of hydrogen-bond donors (Lipinski definition) is 1. The molecule has 2 heterocycles. The molecule has 3 aromatic rings. The number of nitrogens with one attached hydrogen (secondary N) is 1. The van der Waals surface area contributed by atoms with Gasteiger partial charge in [-0.15, -0.1) is 0 Å². The molecule has 1 N–H and O–H groups in total. The Morgan fingerprint density at radius 1 is 0.909 bits per heavy atom. The maximum atomic E-state index is 13.2. The van der Waals surface area contributed by atoms with Crippen molar-refractivity contribution in [3.8, 4) is 0 Å². The lowest BCUT2D eigenvalue weighted by Crippen LogP contribution is -2.43. The Morgan fingerprint density at radius 3 is 2.45 bits per heavy atom. The predicted octanol–water partition coefficient (Wildman–Crippen LogP) is 3.54. The van der Waals surface area contributed by atoms with Crippen LogP contribution in [0, 0.1) is 0 Å². The zero-order chi connectivity index (χ0) is 23.0. The minimum Gasteiger partial charge on any atom is -0.323 e. The molecule has 33 heavy (non-hydrogen) atoms. The summed E-state index contributed by atoms with van der Waals surface area (Å²) in [5.41, 5.74) is 1.71. The van der Waals surface area contributed by atoms with Crippen LogP contribution in [0.2, 0.25) is 0 Å². The summed E-state index contributed by atoms with van der Waals surface area (Å²) in [5, 5.41) is 4.88. The second-order valence-corrected chi connectivity index (χ2v) is 10.5. The summed E-state index contributed by atoms with van der Waals surface area (Å²) in [6.45, 7) is 0.905. The van der Waals surface area contributed by atoms with Gasteiger partial charge in [-0.05, 0) is 47.4 Å². The smallest absolute Gasteiger partial charge is 0.244 e. The van der Waals surface area contributed by atoms with Gasteiger partial charge in [0.05, 0.1) is 22.7 Å². The molecule has 170 valence electrons. The number of piperidine rings is 1. The largest absolute Gasteiger partial charge is 0.323 e. The molecule has 1 fully saturated rings. The van der Waals surface area contributed by atoms with Gasteiger partial charge in [0.2, 0.25) is 21.8 Å². The number of carbonyl (C=O) groups excluding carboxylic acids is 2. The molecule has 0 bridgehead atoms. The highest BCUT2D eigenvalue weighted by Gasteiger charge is 2.31. The van der Waals surface area contributed by atoms with E-state index in [9.17, 15) is 18.0 Å². The van der Waals surface area contributed by atoms with Gasteiger partial charge in [0.1, 0.15) is 6.54 Å². The van der Waals surface area contributed by atoms with Gasteiger partial charge in [-0.1, -0.05) is 48.9 Å². The van der Waals surface area contributed by atoms with Crippen LogP contribution in [0.1, 0.15) is 24.8 Å². The topological polar surface area (TPSA) is 86.8 Å². The Morgan fingerprint density at radius 2 is 1.67 bits per heavy atom. The quantitative estimate of drug-likeness (QED) is 0.641. The normalized spacial score (nSPS) is 17.0. The van der Waals surface area contributed by atoms with E-state index in [1.54, 1.807) is 6.07 Å². The van der Waals surface area contributed by atoms with Crippen LogP contribution in [0.15, 0.2) is 65.6 Å². The second kappa shape index (κ2) is 8.61. The van der Waals surface area contributed by atoms with E-state index in [1.807, 2.05) is 42.5 Å². The first-order valence-corrected chi connectivity index (χ1v) is 12.6. The average Bonchev–Trinajstić information content (AvgIpc) is 2.83. The summed E-state index contributed by atoms with van der Waals surface area (Å²) in [6.07, 6.45) is 2.86. The van der Waals surface area contributed by atoms with E-state index in [1.165, 1.54) is 21.3 Å². The number of rotatable bonds is 4. The molecule has 0 atom stereocenters. The molecule has 2 aliphatic heterocycles. The Labute approximate surface area is 193 Å². The minimum absolute atomic E-state index is 0.0996. The molecular formula is C25H25N3O4S. The van der Waals surface area contributed by atoms with Crippen molar-refractivity contribution in [2.45, 2.75) is 30.6 Å².